The number of aliphatic hydroxyl groups excluding tert-OH is 1. The van der Waals surface area contributed by atoms with E-state index in [0.29, 0.717) is 11.1 Å². The molecule has 12 nitrogen and oxygen atoms in total. The average Bonchev–Trinajstić information content (AvgIpc) is 3.33. The molecule has 0 radical (unpaired) electrons. The number of nitrogens with one attached hydrogen (secondary N) is 4. The fraction of sp³-hybridized carbons (Fsp3) is 0.308. The first-order chi connectivity index (χ1) is 18.6. The van der Waals surface area contributed by atoms with Gasteiger partial charge < -0.3 is 42.0 Å². The molecule has 0 saturated heterocycles. The summed E-state index contributed by atoms with van der Waals surface area (Å²) in [5.41, 5.74) is 8.13. The molecule has 0 bridgehead atoms. The molecular weight excluding hydrogens is 526 g/mol. The first kappa shape index (κ1) is 29.5. The Morgan fingerprint density at radius 1 is 0.872 bits per heavy atom. The summed E-state index contributed by atoms with van der Waals surface area (Å²) in [4.78, 5) is 53.3. The molecule has 13 heteroatoms. The second-order valence-corrected chi connectivity index (χ2v) is 9.29. The van der Waals surface area contributed by atoms with Crippen LogP contribution in [0.2, 0.25) is 0 Å². The molecule has 3 aromatic rings. The number of benzene rings is 2. The Bertz CT molecular complexity index is 1310. The number of carbonyl (C=O) groups excluding carboxylic acids is 3. The van der Waals surface area contributed by atoms with Crippen molar-refractivity contribution in [2.75, 3.05) is 12.4 Å². The van der Waals surface area contributed by atoms with Crippen molar-refractivity contribution in [2.45, 2.75) is 37.0 Å². The number of carboxylic acid groups (broad SMARTS) is 1. The molecule has 0 aliphatic rings. The average molecular weight is 558 g/mol. The minimum atomic E-state index is -1.43. The van der Waals surface area contributed by atoms with Gasteiger partial charge in [0.2, 0.25) is 17.7 Å². The van der Waals surface area contributed by atoms with Gasteiger partial charge >= 0.3 is 5.97 Å². The maximum Gasteiger partial charge on any atom is 0.327 e. The number of thiol groups is 1. The Labute approximate surface area is 229 Å². The number of fused-ring (bicyclic) bond motifs is 1. The number of aromatic nitrogens is 1. The number of aromatic hydroxyl groups is 1. The van der Waals surface area contributed by atoms with Crippen molar-refractivity contribution >= 4 is 47.2 Å². The Balaban J connectivity index is 1.73. The normalized spacial score (nSPS) is 14.1. The van der Waals surface area contributed by atoms with E-state index >= 15 is 0 Å². The minimum absolute atomic E-state index is 0.00699. The van der Waals surface area contributed by atoms with Gasteiger partial charge in [0.15, 0.2) is 0 Å². The lowest BCUT2D eigenvalue weighted by Crippen LogP contribution is -2.58. The monoisotopic (exact) mass is 557 g/mol. The summed E-state index contributed by atoms with van der Waals surface area (Å²) in [5.74, 6) is -3.76. The fourth-order valence-electron chi connectivity index (χ4n) is 3.91. The highest BCUT2D eigenvalue weighted by Crippen LogP contribution is 2.19. The molecule has 3 rings (SSSR count). The molecule has 4 atom stereocenters. The largest absolute Gasteiger partial charge is 0.508 e. The third kappa shape index (κ3) is 7.96. The molecule has 1 aromatic heterocycles. The number of H-pyrrole nitrogens is 1. The number of para-hydroxylation sites is 1. The van der Waals surface area contributed by atoms with Gasteiger partial charge in [-0.25, -0.2) is 4.79 Å². The molecule has 208 valence electrons. The summed E-state index contributed by atoms with van der Waals surface area (Å²) in [6, 6.07) is 8.39. The third-order valence-electron chi connectivity index (χ3n) is 6.07. The molecule has 2 aromatic carbocycles. The van der Waals surface area contributed by atoms with Gasteiger partial charge in [-0.15, -0.1) is 0 Å². The molecule has 9 N–H and O–H groups in total. The lowest BCUT2D eigenvalue weighted by molar-refractivity contribution is -0.141. The van der Waals surface area contributed by atoms with E-state index in [0.717, 1.165) is 10.9 Å². The van der Waals surface area contributed by atoms with Crippen molar-refractivity contribution in [3.05, 3.63) is 65.9 Å². The standard InChI is InChI=1S/C26H31N5O7S/c27-18(9-14-5-7-16(33)8-6-14)23(34)30-21(12-32)25(36)29-20(24(35)31-22(13-39)26(37)38)10-15-11-28-19-4-2-1-3-17(15)19/h1-8,11,18,20-22,28,32-33,39H,9-10,12-13,27H2,(H,29,36)(H,30,34)(H,31,35)(H,37,38). The summed E-state index contributed by atoms with van der Waals surface area (Å²) in [6.45, 7) is -0.778. The number of aromatic amines is 1. The molecule has 1 heterocycles. The smallest absolute Gasteiger partial charge is 0.327 e. The summed E-state index contributed by atoms with van der Waals surface area (Å²) in [6.07, 6.45) is 1.78. The molecule has 0 fully saturated rings. The van der Waals surface area contributed by atoms with Crippen LogP contribution in [0, 0.1) is 0 Å². The van der Waals surface area contributed by atoms with E-state index < -0.39 is 54.5 Å². The third-order valence-corrected chi connectivity index (χ3v) is 6.44. The number of aliphatic carboxylic acids is 1. The van der Waals surface area contributed by atoms with E-state index in [9.17, 15) is 34.5 Å². The first-order valence-corrected chi connectivity index (χ1v) is 12.7. The van der Waals surface area contributed by atoms with Gasteiger partial charge in [-0.3, -0.25) is 14.4 Å². The lowest BCUT2D eigenvalue weighted by Gasteiger charge is -2.24. The molecule has 4 unspecified atom stereocenters. The Kier molecular flexibility index (Phi) is 10.3. The molecular formula is C26H31N5O7S. The van der Waals surface area contributed by atoms with Gasteiger partial charge in [-0.2, -0.15) is 12.6 Å². The molecule has 0 spiro atoms. The van der Waals surface area contributed by atoms with Gasteiger partial charge in [0, 0.05) is 29.3 Å². The lowest BCUT2D eigenvalue weighted by atomic mass is 10.0. The number of phenols is 1. The molecule has 0 aliphatic carbocycles. The predicted octanol–water partition coefficient (Wildman–Crippen LogP) is -0.553. The number of amides is 3. The number of carbonyl (C=O) groups is 4. The topological polar surface area (TPSA) is 207 Å². The second-order valence-electron chi connectivity index (χ2n) is 8.93. The predicted molar refractivity (Wildman–Crippen MR) is 146 cm³/mol. The number of phenolic OH excluding ortho intramolecular Hbond substituents is 1. The van der Waals surface area contributed by atoms with Crippen LogP contribution in [0.3, 0.4) is 0 Å². The SMILES string of the molecule is NC(Cc1ccc(O)cc1)C(=O)NC(CO)C(=O)NC(Cc1c[nH]c2ccccc12)C(=O)NC(CS)C(=O)O. The van der Waals surface area contributed by atoms with Crippen molar-refractivity contribution in [1.82, 2.24) is 20.9 Å². The number of aliphatic hydroxyl groups is 1. The van der Waals surface area contributed by atoms with Crippen molar-refractivity contribution < 1.29 is 34.5 Å². The van der Waals surface area contributed by atoms with E-state index in [1.165, 1.54) is 12.1 Å². The van der Waals surface area contributed by atoms with Crippen LogP contribution >= 0.6 is 12.6 Å². The van der Waals surface area contributed by atoms with Crippen LogP contribution in [0.4, 0.5) is 0 Å². The fourth-order valence-corrected chi connectivity index (χ4v) is 4.16. The highest BCUT2D eigenvalue weighted by Gasteiger charge is 2.30. The zero-order valence-corrected chi connectivity index (χ0v) is 21.7. The quantitative estimate of drug-likeness (QED) is 0.124. The minimum Gasteiger partial charge on any atom is -0.508 e. The zero-order chi connectivity index (χ0) is 28.5. The summed E-state index contributed by atoms with van der Waals surface area (Å²) < 4.78 is 0. The van der Waals surface area contributed by atoms with E-state index in [-0.39, 0.29) is 24.3 Å². The maximum absolute atomic E-state index is 13.1. The van der Waals surface area contributed by atoms with Gasteiger partial charge in [0.1, 0.15) is 23.9 Å². The van der Waals surface area contributed by atoms with Gasteiger partial charge in [-0.05, 0) is 35.7 Å². The molecule has 3 amide bonds. The van der Waals surface area contributed by atoms with Crippen LogP contribution in [0.25, 0.3) is 10.9 Å². The molecule has 0 saturated carbocycles. The van der Waals surface area contributed by atoms with Gasteiger partial charge in [-0.1, -0.05) is 30.3 Å². The molecule has 0 aliphatic heterocycles. The zero-order valence-electron chi connectivity index (χ0n) is 20.8. The van der Waals surface area contributed by atoms with E-state index in [4.69, 9.17) is 5.73 Å². The highest BCUT2D eigenvalue weighted by atomic mass is 32.1. The van der Waals surface area contributed by atoms with Crippen LogP contribution in [0.15, 0.2) is 54.7 Å². The Morgan fingerprint density at radius 2 is 1.49 bits per heavy atom. The van der Waals surface area contributed by atoms with Gasteiger partial charge in [0.05, 0.1) is 12.6 Å². The Morgan fingerprint density at radius 3 is 2.13 bits per heavy atom. The Hall–Kier alpha value is -4.07. The van der Waals surface area contributed by atoms with Crippen LogP contribution < -0.4 is 21.7 Å². The highest BCUT2D eigenvalue weighted by molar-refractivity contribution is 7.80. The number of nitrogens with two attached hydrogens (primary N) is 1. The van der Waals surface area contributed by atoms with Crippen molar-refractivity contribution in [1.29, 1.82) is 0 Å². The second kappa shape index (κ2) is 13.6. The van der Waals surface area contributed by atoms with E-state index in [2.05, 4.69) is 33.6 Å². The van der Waals surface area contributed by atoms with Crippen molar-refractivity contribution in [2.24, 2.45) is 5.73 Å². The van der Waals surface area contributed by atoms with Crippen LogP contribution in [-0.4, -0.2) is 80.5 Å². The molecule has 39 heavy (non-hydrogen) atoms. The van der Waals surface area contributed by atoms with Crippen LogP contribution in [0.5, 0.6) is 5.75 Å². The van der Waals surface area contributed by atoms with E-state index in [1.807, 2.05) is 24.3 Å². The number of hydrogen-bond donors (Lipinski definition) is 9. The van der Waals surface area contributed by atoms with Crippen LogP contribution in [-0.2, 0) is 32.0 Å². The van der Waals surface area contributed by atoms with Gasteiger partial charge in [0.25, 0.3) is 0 Å². The summed E-state index contributed by atoms with van der Waals surface area (Å²) in [7, 11) is 0. The number of rotatable bonds is 13. The first-order valence-electron chi connectivity index (χ1n) is 12.1. The van der Waals surface area contributed by atoms with E-state index in [1.54, 1.807) is 18.3 Å². The van der Waals surface area contributed by atoms with Crippen molar-refractivity contribution in [3.8, 4) is 5.75 Å². The van der Waals surface area contributed by atoms with Crippen molar-refractivity contribution in [3.63, 3.8) is 0 Å². The number of hydrogen-bond acceptors (Lipinski definition) is 8. The maximum atomic E-state index is 13.1. The van der Waals surface area contributed by atoms with Crippen LogP contribution in [0.1, 0.15) is 11.1 Å². The summed E-state index contributed by atoms with van der Waals surface area (Å²) >= 11 is 3.96. The number of carboxylic acids is 1. The summed E-state index contributed by atoms with van der Waals surface area (Å²) in [5, 5.41) is 36.6.